The highest BCUT2D eigenvalue weighted by Crippen LogP contribution is 2.79. The summed E-state index contributed by atoms with van der Waals surface area (Å²) < 4.78 is 13.9. The van der Waals surface area contributed by atoms with Crippen molar-refractivity contribution in [3.8, 4) is 0 Å². The standard InChI is InChI=1S/C19H16BrFN4O2/c20-11-1-2-13-14(5-11)19(9-18(19)3-4-18)10-25(16(13)27)8-15(26)24-17-22-6-12(21)7-23-17/h1-2,5-7H,3-4,8-10H2,(H,22,23,24,26). The summed E-state index contributed by atoms with van der Waals surface area (Å²) in [6, 6.07) is 5.76. The van der Waals surface area contributed by atoms with Gasteiger partial charge in [-0.3, -0.25) is 14.9 Å². The van der Waals surface area contributed by atoms with Crippen molar-refractivity contribution in [2.45, 2.75) is 24.7 Å². The Balaban J connectivity index is 1.39. The Morgan fingerprint density at radius 3 is 2.70 bits per heavy atom. The number of amides is 2. The number of fused-ring (bicyclic) bond motifs is 3. The molecule has 6 nitrogen and oxygen atoms in total. The Kier molecular flexibility index (Phi) is 3.47. The summed E-state index contributed by atoms with van der Waals surface area (Å²) in [7, 11) is 0. The van der Waals surface area contributed by atoms with Gasteiger partial charge < -0.3 is 4.90 Å². The molecule has 2 aliphatic carbocycles. The van der Waals surface area contributed by atoms with Gasteiger partial charge in [-0.25, -0.2) is 14.4 Å². The minimum Gasteiger partial charge on any atom is -0.328 e. The van der Waals surface area contributed by atoms with E-state index in [1.165, 1.54) is 12.8 Å². The fourth-order valence-electron chi connectivity index (χ4n) is 4.54. The van der Waals surface area contributed by atoms with Crippen LogP contribution in [0.3, 0.4) is 0 Å². The van der Waals surface area contributed by atoms with Gasteiger partial charge >= 0.3 is 0 Å². The Bertz CT molecular complexity index is 976. The molecule has 2 aromatic rings. The van der Waals surface area contributed by atoms with Crippen LogP contribution in [-0.2, 0) is 10.2 Å². The topological polar surface area (TPSA) is 75.2 Å². The number of anilines is 1. The first-order chi connectivity index (χ1) is 12.9. The number of carbonyl (C=O) groups excluding carboxylic acids is 2. The average molecular weight is 431 g/mol. The smallest absolute Gasteiger partial charge is 0.254 e. The van der Waals surface area contributed by atoms with Crippen molar-refractivity contribution in [1.29, 1.82) is 0 Å². The number of hydrogen-bond acceptors (Lipinski definition) is 4. The number of rotatable bonds is 3. The van der Waals surface area contributed by atoms with E-state index in [4.69, 9.17) is 0 Å². The maximum atomic E-state index is 13.0. The van der Waals surface area contributed by atoms with Crippen molar-refractivity contribution in [3.63, 3.8) is 0 Å². The maximum absolute atomic E-state index is 13.0. The van der Waals surface area contributed by atoms with Crippen LogP contribution in [0.1, 0.15) is 35.2 Å². The zero-order valence-electron chi connectivity index (χ0n) is 14.3. The Morgan fingerprint density at radius 1 is 1.30 bits per heavy atom. The van der Waals surface area contributed by atoms with E-state index in [-0.39, 0.29) is 23.8 Å². The molecule has 0 bridgehead atoms. The molecule has 1 unspecified atom stereocenters. The van der Waals surface area contributed by atoms with Crippen molar-refractivity contribution in [2.75, 3.05) is 18.4 Å². The fraction of sp³-hybridized carbons (Fsp3) is 0.368. The molecule has 8 heteroatoms. The van der Waals surface area contributed by atoms with Crippen LogP contribution in [-0.4, -0.2) is 39.8 Å². The van der Waals surface area contributed by atoms with E-state index in [1.807, 2.05) is 12.1 Å². The van der Waals surface area contributed by atoms with Gasteiger partial charge in [-0.1, -0.05) is 15.9 Å². The molecule has 0 radical (unpaired) electrons. The van der Waals surface area contributed by atoms with E-state index in [1.54, 1.807) is 4.90 Å². The average Bonchev–Trinajstić information content (AvgIpc) is 3.54. The molecule has 2 saturated carbocycles. The first-order valence-electron chi connectivity index (χ1n) is 8.79. The summed E-state index contributed by atoms with van der Waals surface area (Å²) in [5, 5.41) is 2.52. The second-order valence-electron chi connectivity index (χ2n) is 7.66. The lowest BCUT2D eigenvalue weighted by atomic mass is 9.84. The van der Waals surface area contributed by atoms with Crippen molar-refractivity contribution in [2.24, 2.45) is 5.41 Å². The number of halogens is 2. The number of benzene rings is 1. The summed E-state index contributed by atoms with van der Waals surface area (Å²) in [5.41, 5.74) is 2.06. The summed E-state index contributed by atoms with van der Waals surface area (Å²) in [6.45, 7) is 0.472. The minimum atomic E-state index is -0.576. The van der Waals surface area contributed by atoms with Crippen LogP contribution in [0, 0.1) is 11.2 Å². The molecule has 138 valence electrons. The molecule has 1 aromatic carbocycles. The molecule has 1 N–H and O–H groups in total. The summed E-state index contributed by atoms with van der Waals surface area (Å²) >= 11 is 3.52. The van der Waals surface area contributed by atoms with Crippen LogP contribution in [0.5, 0.6) is 0 Å². The van der Waals surface area contributed by atoms with E-state index in [2.05, 4.69) is 37.3 Å². The van der Waals surface area contributed by atoms with E-state index >= 15 is 0 Å². The first-order valence-corrected chi connectivity index (χ1v) is 9.59. The lowest BCUT2D eigenvalue weighted by Crippen LogP contribution is -2.47. The third-order valence-electron chi connectivity index (χ3n) is 6.07. The molecule has 1 aromatic heterocycles. The highest BCUT2D eigenvalue weighted by Gasteiger charge is 2.76. The number of hydrogen-bond donors (Lipinski definition) is 1. The van der Waals surface area contributed by atoms with Crippen molar-refractivity contribution >= 4 is 33.7 Å². The summed E-state index contributed by atoms with van der Waals surface area (Å²) in [4.78, 5) is 34.4. The molecule has 0 saturated heterocycles. The van der Waals surface area contributed by atoms with Crippen molar-refractivity contribution < 1.29 is 14.0 Å². The number of carbonyl (C=O) groups is 2. The molecule has 1 atom stereocenters. The molecular weight excluding hydrogens is 415 g/mol. The van der Waals surface area contributed by atoms with Crippen LogP contribution in [0.15, 0.2) is 35.1 Å². The van der Waals surface area contributed by atoms with Gasteiger partial charge in [0.25, 0.3) is 5.91 Å². The van der Waals surface area contributed by atoms with E-state index in [0.29, 0.717) is 17.5 Å². The van der Waals surface area contributed by atoms with Gasteiger partial charge in [-0.05, 0) is 48.4 Å². The second kappa shape index (κ2) is 5.58. The van der Waals surface area contributed by atoms with Gasteiger partial charge in [0.05, 0.1) is 12.4 Å². The fourth-order valence-corrected chi connectivity index (χ4v) is 4.90. The summed E-state index contributed by atoms with van der Waals surface area (Å²) in [5.74, 6) is -1.08. The predicted octanol–water partition coefficient (Wildman–Crippen LogP) is 2.89. The number of nitrogens with zero attached hydrogens (tertiary/aromatic N) is 3. The Morgan fingerprint density at radius 2 is 2.04 bits per heavy atom. The van der Waals surface area contributed by atoms with Crippen LogP contribution >= 0.6 is 15.9 Å². The third-order valence-corrected chi connectivity index (χ3v) is 6.56. The molecular formula is C19H16BrFN4O2. The first kappa shape index (κ1) is 16.8. The van der Waals surface area contributed by atoms with Crippen molar-refractivity contribution in [1.82, 2.24) is 14.9 Å². The van der Waals surface area contributed by atoms with Crippen LogP contribution in [0.25, 0.3) is 0 Å². The van der Waals surface area contributed by atoms with Gasteiger partial charge in [0.1, 0.15) is 6.54 Å². The minimum absolute atomic E-state index is 0.0231. The lowest BCUT2D eigenvalue weighted by molar-refractivity contribution is -0.117. The summed E-state index contributed by atoms with van der Waals surface area (Å²) in [6.07, 6.45) is 5.39. The SMILES string of the molecule is O=C(CN1CC2(CC23CC3)c2cc(Br)ccc2C1=O)Nc1ncc(F)cn1. The van der Waals surface area contributed by atoms with Gasteiger partial charge in [-0.2, -0.15) is 0 Å². The van der Waals surface area contributed by atoms with Crippen LogP contribution < -0.4 is 5.32 Å². The van der Waals surface area contributed by atoms with E-state index in [0.717, 1.165) is 28.9 Å². The van der Waals surface area contributed by atoms with Gasteiger partial charge in [0, 0.05) is 22.0 Å². The largest absolute Gasteiger partial charge is 0.328 e. The number of aromatic nitrogens is 2. The molecule has 2 heterocycles. The zero-order chi connectivity index (χ0) is 18.8. The molecule has 2 fully saturated rings. The Hall–Kier alpha value is -2.35. The predicted molar refractivity (Wildman–Crippen MR) is 98.6 cm³/mol. The normalized spacial score (nSPS) is 24.1. The van der Waals surface area contributed by atoms with Crippen LogP contribution in [0.4, 0.5) is 10.3 Å². The third kappa shape index (κ3) is 2.57. The van der Waals surface area contributed by atoms with Crippen LogP contribution in [0.2, 0.25) is 0 Å². The lowest BCUT2D eigenvalue weighted by Gasteiger charge is -2.35. The molecule has 5 rings (SSSR count). The van der Waals surface area contributed by atoms with Gasteiger partial charge in [-0.15, -0.1) is 0 Å². The highest BCUT2D eigenvalue weighted by molar-refractivity contribution is 9.10. The molecule has 2 amide bonds. The number of nitrogens with one attached hydrogen (secondary N) is 1. The van der Waals surface area contributed by atoms with E-state index in [9.17, 15) is 14.0 Å². The monoisotopic (exact) mass is 430 g/mol. The Labute approximate surface area is 163 Å². The zero-order valence-corrected chi connectivity index (χ0v) is 15.9. The maximum Gasteiger partial charge on any atom is 0.254 e. The molecule has 27 heavy (non-hydrogen) atoms. The van der Waals surface area contributed by atoms with Gasteiger partial charge in [0.15, 0.2) is 5.82 Å². The van der Waals surface area contributed by atoms with E-state index < -0.39 is 11.7 Å². The quantitative estimate of drug-likeness (QED) is 0.811. The molecule has 2 spiro atoms. The second-order valence-corrected chi connectivity index (χ2v) is 8.58. The molecule has 3 aliphatic rings. The van der Waals surface area contributed by atoms with Crippen molar-refractivity contribution in [3.05, 3.63) is 52.0 Å². The highest BCUT2D eigenvalue weighted by atomic mass is 79.9. The van der Waals surface area contributed by atoms with Gasteiger partial charge in [0.2, 0.25) is 11.9 Å². The molecule has 1 aliphatic heterocycles.